The van der Waals surface area contributed by atoms with Crippen molar-refractivity contribution >= 4 is 19.7 Å². The number of aromatic nitrogens is 2. The van der Waals surface area contributed by atoms with Gasteiger partial charge in [0.2, 0.25) is 0 Å². The smallest absolute Gasteiger partial charge is 0.272 e. The van der Waals surface area contributed by atoms with E-state index in [4.69, 9.17) is 10.7 Å². The molecule has 0 saturated carbocycles. The van der Waals surface area contributed by atoms with E-state index in [1.165, 1.54) is 10.7 Å². The normalized spacial score (nSPS) is 11.8. The van der Waals surface area contributed by atoms with Gasteiger partial charge in [-0.25, -0.2) is 8.42 Å². The molecule has 1 aromatic heterocycles. The van der Waals surface area contributed by atoms with Gasteiger partial charge in [-0.15, -0.1) is 0 Å². The molecule has 0 atom stereocenters. The Bertz CT molecular complexity index is 343. The number of halogens is 1. The zero-order valence-corrected chi connectivity index (χ0v) is 7.43. The largest absolute Gasteiger partial charge is 0.280 e. The highest BCUT2D eigenvalue weighted by Gasteiger charge is 2.12. The molecular formula is C5H7ClN2O2S. The van der Waals surface area contributed by atoms with E-state index in [1.807, 2.05) is 6.92 Å². The van der Waals surface area contributed by atoms with Crippen molar-refractivity contribution in [1.29, 1.82) is 0 Å². The minimum Gasteiger partial charge on any atom is -0.272 e. The van der Waals surface area contributed by atoms with Gasteiger partial charge in [0.1, 0.15) is 0 Å². The molecule has 0 N–H and O–H groups in total. The summed E-state index contributed by atoms with van der Waals surface area (Å²) in [6, 6.07) is 1.37. The molecule has 11 heavy (non-hydrogen) atoms. The minimum absolute atomic E-state index is 0.0963. The summed E-state index contributed by atoms with van der Waals surface area (Å²) in [6.45, 7) is 2.49. The van der Waals surface area contributed by atoms with Crippen LogP contribution in [0.2, 0.25) is 0 Å². The second-order valence-electron chi connectivity index (χ2n) is 1.95. The van der Waals surface area contributed by atoms with Gasteiger partial charge in [-0.05, 0) is 13.0 Å². The topological polar surface area (TPSA) is 52.0 Å². The summed E-state index contributed by atoms with van der Waals surface area (Å²) >= 11 is 0. The van der Waals surface area contributed by atoms with Gasteiger partial charge in [0.05, 0.1) is 0 Å². The first-order valence-electron chi connectivity index (χ1n) is 3.02. The molecule has 1 rings (SSSR count). The third-order valence-corrected chi connectivity index (χ3v) is 2.38. The lowest BCUT2D eigenvalue weighted by Gasteiger charge is -1.90. The monoisotopic (exact) mass is 194 g/mol. The molecule has 62 valence electrons. The first kappa shape index (κ1) is 8.55. The average molecular weight is 195 g/mol. The maximum Gasteiger partial charge on any atom is 0.280 e. The van der Waals surface area contributed by atoms with Crippen LogP contribution in [-0.4, -0.2) is 18.2 Å². The maximum absolute atomic E-state index is 10.7. The summed E-state index contributed by atoms with van der Waals surface area (Å²) < 4.78 is 22.8. The van der Waals surface area contributed by atoms with Crippen LogP contribution in [0, 0.1) is 0 Å². The Morgan fingerprint density at radius 1 is 1.73 bits per heavy atom. The van der Waals surface area contributed by atoms with Crippen molar-refractivity contribution in [2.24, 2.45) is 0 Å². The molecule has 0 fully saturated rings. The Labute approximate surface area is 69.2 Å². The number of hydrogen-bond donors (Lipinski definition) is 0. The lowest BCUT2D eigenvalue weighted by molar-refractivity contribution is 0.593. The maximum atomic E-state index is 10.7. The van der Waals surface area contributed by atoms with E-state index >= 15 is 0 Å². The van der Waals surface area contributed by atoms with Crippen molar-refractivity contribution in [3.05, 3.63) is 12.3 Å². The fraction of sp³-hybridized carbons (Fsp3) is 0.400. The molecule has 0 saturated heterocycles. The van der Waals surface area contributed by atoms with E-state index in [0.717, 1.165) is 0 Å². The predicted molar refractivity (Wildman–Crippen MR) is 40.9 cm³/mol. The van der Waals surface area contributed by atoms with Crippen molar-refractivity contribution in [3.63, 3.8) is 0 Å². The van der Waals surface area contributed by atoms with Gasteiger partial charge in [0.25, 0.3) is 9.05 Å². The van der Waals surface area contributed by atoms with Gasteiger partial charge in [0.15, 0.2) is 5.03 Å². The van der Waals surface area contributed by atoms with E-state index in [-0.39, 0.29) is 5.03 Å². The molecule has 1 aromatic rings. The van der Waals surface area contributed by atoms with E-state index in [9.17, 15) is 8.42 Å². The number of hydrogen-bond acceptors (Lipinski definition) is 3. The number of nitrogens with zero attached hydrogens (tertiary/aromatic N) is 2. The molecule has 0 unspecified atom stereocenters. The summed E-state index contributed by atoms with van der Waals surface area (Å²) in [4.78, 5) is 0. The Hall–Kier alpha value is -0.550. The summed E-state index contributed by atoms with van der Waals surface area (Å²) in [5, 5.41) is 3.60. The molecule has 1 heterocycles. The van der Waals surface area contributed by atoms with Crippen LogP contribution in [0.25, 0.3) is 0 Å². The fourth-order valence-corrected chi connectivity index (χ4v) is 1.32. The highest BCUT2D eigenvalue weighted by atomic mass is 35.7. The number of rotatable bonds is 2. The lowest BCUT2D eigenvalue weighted by Crippen LogP contribution is -1.97. The Morgan fingerprint density at radius 2 is 2.36 bits per heavy atom. The van der Waals surface area contributed by atoms with Crippen molar-refractivity contribution in [3.8, 4) is 0 Å². The summed E-state index contributed by atoms with van der Waals surface area (Å²) in [5.41, 5.74) is 0. The molecule has 0 amide bonds. The van der Waals surface area contributed by atoms with Gasteiger partial charge < -0.3 is 0 Å². The van der Waals surface area contributed by atoms with Crippen LogP contribution in [0.1, 0.15) is 6.92 Å². The third kappa shape index (κ3) is 1.94. The third-order valence-electron chi connectivity index (χ3n) is 1.19. The van der Waals surface area contributed by atoms with E-state index in [1.54, 1.807) is 6.20 Å². The average Bonchev–Trinajstić information content (AvgIpc) is 2.32. The summed E-state index contributed by atoms with van der Waals surface area (Å²) in [5.74, 6) is 0. The van der Waals surface area contributed by atoms with Crippen LogP contribution in [-0.2, 0) is 15.6 Å². The van der Waals surface area contributed by atoms with E-state index in [2.05, 4.69) is 5.10 Å². The second-order valence-corrected chi connectivity index (χ2v) is 4.46. The first-order valence-corrected chi connectivity index (χ1v) is 5.33. The van der Waals surface area contributed by atoms with Crippen LogP contribution >= 0.6 is 10.7 Å². The molecule has 0 aliphatic heterocycles. The first-order chi connectivity index (χ1) is 5.04. The van der Waals surface area contributed by atoms with Crippen LogP contribution in [0.5, 0.6) is 0 Å². The molecule has 6 heteroatoms. The zero-order chi connectivity index (χ0) is 8.48. The van der Waals surface area contributed by atoms with Crippen LogP contribution in [0.15, 0.2) is 17.3 Å². The highest BCUT2D eigenvalue weighted by Crippen LogP contribution is 2.10. The van der Waals surface area contributed by atoms with Gasteiger partial charge in [-0.2, -0.15) is 5.10 Å². The quantitative estimate of drug-likeness (QED) is 0.656. The van der Waals surface area contributed by atoms with Crippen molar-refractivity contribution in [2.45, 2.75) is 18.5 Å². The van der Waals surface area contributed by atoms with Crippen molar-refractivity contribution in [2.75, 3.05) is 0 Å². The zero-order valence-electron chi connectivity index (χ0n) is 5.86. The molecule has 0 bridgehead atoms. The lowest BCUT2D eigenvalue weighted by atomic mass is 10.7. The minimum atomic E-state index is -3.65. The van der Waals surface area contributed by atoms with Gasteiger partial charge in [-0.3, -0.25) is 4.68 Å². The van der Waals surface area contributed by atoms with Crippen molar-refractivity contribution in [1.82, 2.24) is 9.78 Å². The van der Waals surface area contributed by atoms with Gasteiger partial charge >= 0.3 is 0 Å². The molecule has 0 aromatic carbocycles. The second kappa shape index (κ2) is 2.83. The predicted octanol–water partition coefficient (Wildman–Crippen LogP) is 0.831. The molecule has 0 radical (unpaired) electrons. The Morgan fingerprint density at radius 3 is 2.64 bits per heavy atom. The molecule has 0 spiro atoms. The highest BCUT2D eigenvalue weighted by molar-refractivity contribution is 8.13. The fourth-order valence-electron chi connectivity index (χ4n) is 0.649. The molecule has 0 aliphatic rings. The summed E-state index contributed by atoms with van der Waals surface area (Å²) in [6.07, 6.45) is 1.56. The van der Waals surface area contributed by atoms with Crippen LogP contribution < -0.4 is 0 Å². The van der Waals surface area contributed by atoms with Gasteiger partial charge in [0, 0.05) is 23.4 Å². The summed E-state index contributed by atoms with van der Waals surface area (Å²) in [7, 11) is 1.37. The standard InChI is InChI=1S/C5H7ClN2O2S/c1-2-8-4-3-5(7-8)11(6,9)10/h3-4H,2H2,1H3. The van der Waals surface area contributed by atoms with E-state index < -0.39 is 9.05 Å². The number of aryl methyl sites for hydroxylation is 1. The molecule has 0 aliphatic carbocycles. The Balaban J connectivity index is 3.09. The molecule has 4 nitrogen and oxygen atoms in total. The van der Waals surface area contributed by atoms with Crippen molar-refractivity contribution < 1.29 is 8.42 Å². The SMILES string of the molecule is CCn1ccc(S(=O)(=O)Cl)n1. The van der Waals surface area contributed by atoms with Crippen LogP contribution in [0.3, 0.4) is 0 Å². The van der Waals surface area contributed by atoms with E-state index in [0.29, 0.717) is 6.54 Å². The Kier molecular flexibility index (Phi) is 2.20. The van der Waals surface area contributed by atoms with Gasteiger partial charge in [-0.1, -0.05) is 0 Å². The molecular weight excluding hydrogens is 188 g/mol. The van der Waals surface area contributed by atoms with Crippen LogP contribution in [0.4, 0.5) is 0 Å².